The number of halogens is 1. The molecule has 0 aliphatic heterocycles. The zero-order valence-electron chi connectivity index (χ0n) is 34.3. The average molecular weight is 1120 g/mol. The Morgan fingerprint density at radius 3 is 1.59 bits per heavy atom. The van der Waals surface area contributed by atoms with Gasteiger partial charge in [-0.05, 0) is 70.8 Å². The fraction of sp³-hybridized carbons (Fsp3) is 0. The standard InChI is InChI=1S/C27H16ClN9O20S6.5Na/c28-25-31-26(29-10-3-13-14(17(4-10)61(49,50)51)5-12(60(46,47)48)7-18(13)62(52,53)54)33-27(32-25)30-15-6-11(59(43,44)45)1-9-2-19(63(55,56)57)22(23(38)21(9)15)34-35-24-16(36(39)40)8-20(58-24)37(41)42;;;;;/h1-8,38H,(H,43,44,45)(H,46,47,48)(H,49,50,51)(H,52,53,54)(H,55,56,57)(H2,29,30,31,32,33);;;;;/q;5*+1/p-5. The van der Waals surface area contributed by atoms with Gasteiger partial charge in [-0.2, -0.15) is 15.0 Å². The number of nitrogens with one attached hydrogen (secondary N) is 2. The molecule has 41 heteroatoms. The molecule has 2 heterocycles. The molecular formula is C27H11ClN9Na5O20S6. The third kappa shape index (κ3) is 14.7. The van der Waals surface area contributed by atoms with E-state index in [0.717, 1.165) is 0 Å². The molecule has 332 valence electrons. The van der Waals surface area contributed by atoms with Crippen LogP contribution in [-0.4, -0.2) is 94.8 Å². The Morgan fingerprint density at radius 2 is 1.09 bits per heavy atom. The summed E-state index contributed by atoms with van der Waals surface area (Å²) in [5, 5.41) is 39.7. The number of thiophene rings is 1. The number of aromatic nitrogens is 3. The molecule has 0 spiro atoms. The molecule has 0 aliphatic rings. The smallest absolute Gasteiger partial charge is 0.744 e. The second kappa shape index (κ2) is 23.7. The van der Waals surface area contributed by atoms with Crippen LogP contribution in [0.5, 0.6) is 5.75 Å². The van der Waals surface area contributed by atoms with Crippen molar-refractivity contribution in [3.05, 3.63) is 74.0 Å². The molecule has 4 aromatic carbocycles. The predicted octanol–water partition coefficient (Wildman–Crippen LogP) is -12.1. The molecule has 0 radical (unpaired) electrons. The van der Waals surface area contributed by atoms with Gasteiger partial charge in [0.25, 0.3) is 0 Å². The molecule has 0 saturated heterocycles. The first-order chi connectivity index (χ1) is 28.8. The fourth-order valence-corrected chi connectivity index (χ4v) is 9.57. The summed E-state index contributed by atoms with van der Waals surface area (Å²) in [5.74, 6) is -2.96. The van der Waals surface area contributed by atoms with Crippen molar-refractivity contribution in [2.24, 2.45) is 10.2 Å². The summed E-state index contributed by atoms with van der Waals surface area (Å²) in [4.78, 5) is 24.9. The third-order valence-corrected chi connectivity index (χ3v) is 13.2. The van der Waals surface area contributed by atoms with Gasteiger partial charge in [0, 0.05) is 21.8 Å². The van der Waals surface area contributed by atoms with Crippen molar-refractivity contribution >= 4 is 140 Å². The molecular weight excluding hydrogens is 1110 g/mol. The largest absolute Gasteiger partial charge is 1.00 e. The number of fused-ring (bicyclic) bond motifs is 2. The Bertz CT molecular complexity index is 3670. The number of hydrogen-bond donors (Lipinski definition) is 3. The maximum absolute atomic E-state index is 12.3. The van der Waals surface area contributed by atoms with Crippen molar-refractivity contribution in [3.8, 4) is 5.75 Å². The number of rotatable bonds is 13. The Labute approximate surface area is 499 Å². The summed E-state index contributed by atoms with van der Waals surface area (Å²) in [7, 11) is -28.3. The van der Waals surface area contributed by atoms with Crippen LogP contribution in [0.2, 0.25) is 5.28 Å². The van der Waals surface area contributed by atoms with Gasteiger partial charge in [-0.3, -0.25) is 20.2 Å². The van der Waals surface area contributed by atoms with Crippen LogP contribution in [0.3, 0.4) is 0 Å². The number of aromatic hydroxyl groups is 1. The first kappa shape index (κ1) is 64.8. The van der Waals surface area contributed by atoms with E-state index < -0.39 is 162 Å². The van der Waals surface area contributed by atoms with Gasteiger partial charge in [-0.1, -0.05) is 0 Å². The van der Waals surface area contributed by atoms with Gasteiger partial charge >= 0.3 is 158 Å². The van der Waals surface area contributed by atoms with E-state index in [1.807, 2.05) is 0 Å². The van der Waals surface area contributed by atoms with E-state index in [1.54, 1.807) is 0 Å². The molecule has 0 unspecified atom stereocenters. The summed E-state index contributed by atoms with van der Waals surface area (Å²) in [5.41, 5.74) is -3.69. The number of nitrogens with zero attached hydrogens (tertiary/aromatic N) is 7. The van der Waals surface area contributed by atoms with Crippen molar-refractivity contribution in [2.45, 2.75) is 24.5 Å². The molecule has 0 atom stereocenters. The normalized spacial score (nSPS) is 11.9. The number of anilines is 4. The summed E-state index contributed by atoms with van der Waals surface area (Å²) >= 11 is 6.10. The fourth-order valence-electron chi connectivity index (χ4n) is 5.45. The monoisotopic (exact) mass is 1120 g/mol. The topological polar surface area (TPSA) is 480 Å². The first-order valence-corrected chi connectivity index (χ1v) is 23.6. The first-order valence-electron chi connectivity index (χ1n) is 15.4. The molecule has 68 heavy (non-hydrogen) atoms. The molecule has 6 rings (SSSR count). The summed E-state index contributed by atoms with van der Waals surface area (Å²) in [6.45, 7) is 0. The SMILES string of the molecule is O=[N+]([O-])c1cc([N+](=O)[O-])c(N=Nc2c(S(=O)(=O)[O-])cc3cc(S(=O)(=O)[O-])cc(Nc4nc(Cl)nc(Nc5cc(S(=O)(=O)[O-])c6cc(S(=O)(=O)[O-])cc(S(=O)(=O)[O-])c6c5)n4)c3c2O)s1.[Na+].[Na+].[Na+].[Na+].[Na+]. The number of azo groups is 1. The summed E-state index contributed by atoms with van der Waals surface area (Å²) in [6.07, 6.45) is 0. The minimum atomic E-state index is -5.75. The van der Waals surface area contributed by atoms with Crippen molar-refractivity contribution in [1.29, 1.82) is 0 Å². The van der Waals surface area contributed by atoms with E-state index in [0.29, 0.717) is 42.5 Å². The number of hydrogen-bond acceptors (Lipinski definition) is 28. The van der Waals surface area contributed by atoms with E-state index in [9.17, 15) is 90.2 Å². The van der Waals surface area contributed by atoms with Crippen LogP contribution in [0, 0.1) is 20.2 Å². The van der Waals surface area contributed by atoms with Crippen LogP contribution in [0.4, 0.5) is 44.6 Å². The molecule has 6 aromatic rings. The van der Waals surface area contributed by atoms with E-state index in [1.165, 1.54) is 0 Å². The van der Waals surface area contributed by atoms with E-state index in [4.69, 9.17) is 11.6 Å². The van der Waals surface area contributed by atoms with Crippen LogP contribution >= 0.6 is 22.9 Å². The molecule has 0 aliphatic carbocycles. The average Bonchev–Trinajstić information content (AvgIpc) is 3.56. The van der Waals surface area contributed by atoms with Crippen molar-refractivity contribution in [3.63, 3.8) is 0 Å². The van der Waals surface area contributed by atoms with Crippen LogP contribution in [0.15, 0.2) is 83.2 Å². The third-order valence-electron chi connectivity index (χ3n) is 7.89. The van der Waals surface area contributed by atoms with Gasteiger partial charge in [0.1, 0.15) is 62.3 Å². The summed E-state index contributed by atoms with van der Waals surface area (Å²) < 4.78 is 182. The Balaban J connectivity index is 0.00000462. The number of nitro groups is 2. The van der Waals surface area contributed by atoms with Crippen LogP contribution < -0.4 is 158 Å². The van der Waals surface area contributed by atoms with E-state index >= 15 is 0 Å². The Morgan fingerprint density at radius 1 is 0.588 bits per heavy atom. The molecule has 0 saturated carbocycles. The summed E-state index contributed by atoms with van der Waals surface area (Å²) in [6, 6.07) is 3.44. The van der Waals surface area contributed by atoms with Crippen LogP contribution in [-0.2, 0) is 50.6 Å². The van der Waals surface area contributed by atoms with Gasteiger partial charge < -0.3 is 38.5 Å². The minimum absolute atomic E-state index is 0. The van der Waals surface area contributed by atoms with E-state index in [2.05, 4.69) is 35.8 Å². The van der Waals surface area contributed by atoms with Crippen molar-refractivity contribution in [2.75, 3.05) is 10.6 Å². The van der Waals surface area contributed by atoms with E-state index in [-0.39, 0.29) is 165 Å². The Kier molecular flexibility index (Phi) is 22.6. The number of phenols is 1. The second-order valence-corrected chi connectivity index (χ2v) is 20.0. The number of phenolic OH excluding ortho intramolecular Hbond substituents is 1. The molecule has 0 fully saturated rings. The van der Waals surface area contributed by atoms with Gasteiger partial charge in [0.2, 0.25) is 22.2 Å². The number of benzene rings is 4. The van der Waals surface area contributed by atoms with Crippen LogP contribution in [0.25, 0.3) is 21.5 Å². The van der Waals surface area contributed by atoms with Gasteiger partial charge in [-0.25, -0.2) is 42.1 Å². The Hall–Kier alpha value is -1.25. The molecule has 0 amide bonds. The maximum atomic E-state index is 12.3. The maximum Gasteiger partial charge on any atom is 1.00 e. The quantitative estimate of drug-likeness (QED) is 0.0318. The minimum Gasteiger partial charge on any atom is -0.744 e. The van der Waals surface area contributed by atoms with Crippen molar-refractivity contribution in [1.82, 2.24) is 15.0 Å². The molecule has 0 bridgehead atoms. The van der Waals surface area contributed by atoms with Gasteiger partial charge in [0.15, 0.2) is 5.75 Å². The van der Waals surface area contributed by atoms with Crippen molar-refractivity contribution < 1.29 is 228 Å². The molecule has 3 N–H and O–H groups in total. The molecule has 29 nitrogen and oxygen atoms in total. The molecule has 2 aromatic heterocycles. The van der Waals surface area contributed by atoms with Gasteiger partial charge in [-0.15, -0.1) is 10.2 Å². The second-order valence-electron chi connectivity index (χ2n) is 11.9. The van der Waals surface area contributed by atoms with Crippen LogP contribution in [0.1, 0.15) is 0 Å². The zero-order valence-corrected chi connectivity index (χ0v) is 49.9. The predicted molar refractivity (Wildman–Crippen MR) is 203 cm³/mol. The van der Waals surface area contributed by atoms with Gasteiger partial charge in [0.05, 0.1) is 40.0 Å². The zero-order chi connectivity index (χ0) is 46.9.